The van der Waals surface area contributed by atoms with E-state index in [1.54, 1.807) is 36.4 Å². The molecule has 0 aliphatic carbocycles. The quantitative estimate of drug-likeness (QED) is 0.489. The van der Waals surface area contributed by atoms with Gasteiger partial charge in [0.05, 0.1) is 5.52 Å². The Hall–Kier alpha value is -2.59. The molecule has 0 saturated carbocycles. The summed E-state index contributed by atoms with van der Waals surface area (Å²) in [6.07, 6.45) is 0. The normalized spacial score (nSPS) is 11.5. The Morgan fingerprint density at radius 3 is 2.14 bits per heavy atom. The number of fused-ring (bicyclic) bond motifs is 3. The smallest absolute Gasteiger partial charge is 0.213 e. The monoisotopic (exact) mass is 296 g/mol. The van der Waals surface area contributed by atoms with Crippen molar-refractivity contribution in [1.29, 1.82) is 0 Å². The number of benzene rings is 2. The van der Waals surface area contributed by atoms with Crippen LogP contribution >= 0.6 is 11.6 Å². The van der Waals surface area contributed by atoms with Gasteiger partial charge < -0.3 is 9.97 Å². The Bertz CT molecular complexity index is 1140. The number of aromatic nitrogens is 2. The first kappa shape index (κ1) is 12.2. The lowest BCUT2D eigenvalue weighted by Crippen LogP contribution is -2.14. The van der Waals surface area contributed by atoms with Crippen molar-refractivity contribution < 1.29 is 0 Å². The van der Waals surface area contributed by atoms with Gasteiger partial charge in [-0.1, -0.05) is 23.7 Å². The molecule has 4 aromatic rings. The van der Waals surface area contributed by atoms with Crippen LogP contribution in [0.1, 0.15) is 0 Å². The van der Waals surface area contributed by atoms with Crippen LogP contribution in [0.2, 0.25) is 5.02 Å². The van der Waals surface area contributed by atoms with Crippen molar-refractivity contribution in [1.82, 2.24) is 9.97 Å². The van der Waals surface area contributed by atoms with E-state index < -0.39 is 0 Å². The SMILES string of the molecule is O=c1c2ccccc2[nH]c2c(=O)c3ccc(Cl)cc3[nH]c12. The summed E-state index contributed by atoms with van der Waals surface area (Å²) in [5.74, 6) is 0. The summed E-state index contributed by atoms with van der Waals surface area (Å²) < 4.78 is 0. The minimum Gasteiger partial charge on any atom is -0.350 e. The van der Waals surface area contributed by atoms with Gasteiger partial charge in [-0.3, -0.25) is 9.59 Å². The van der Waals surface area contributed by atoms with E-state index in [2.05, 4.69) is 9.97 Å². The van der Waals surface area contributed by atoms with Gasteiger partial charge in [0, 0.05) is 21.3 Å². The predicted octanol–water partition coefficient (Wildman–Crippen LogP) is 3.18. The minimum absolute atomic E-state index is 0.196. The first-order valence-corrected chi connectivity index (χ1v) is 6.79. The third kappa shape index (κ3) is 1.69. The minimum atomic E-state index is -0.210. The Labute approximate surface area is 123 Å². The molecule has 102 valence electrons. The molecule has 2 aromatic heterocycles. The number of pyridine rings is 2. The second-order valence-electron chi connectivity index (χ2n) is 4.89. The van der Waals surface area contributed by atoms with Crippen LogP contribution in [-0.4, -0.2) is 9.97 Å². The van der Waals surface area contributed by atoms with Crippen LogP contribution in [0, 0.1) is 0 Å². The molecule has 0 atom stereocenters. The van der Waals surface area contributed by atoms with Crippen LogP contribution in [0.15, 0.2) is 52.1 Å². The average molecular weight is 297 g/mol. The summed E-state index contributed by atoms with van der Waals surface area (Å²) in [5.41, 5.74) is 1.35. The first-order valence-electron chi connectivity index (χ1n) is 6.41. The number of rotatable bonds is 0. The van der Waals surface area contributed by atoms with Gasteiger partial charge in [0.2, 0.25) is 10.9 Å². The zero-order valence-corrected chi connectivity index (χ0v) is 11.5. The standard InChI is InChI=1S/C16H9ClN2O2/c17-8-5-6-10-12(7-8)19-14-13(16(10)21)18-11-4-2-1-3-9(11)15(14)20/h1-7H,(H,18,20)(H,19,21). The maximum Gasteiger partial charge on any atom is 0.213 e. The van der Waals surface area contributed by atoms with E-state index in [0.717, 1.165) is 0 Å². The summed E-state index contributed by atoms with van der Waals surface area (Å²) >= 11 is 5.95. The molecule has 0 saturated heterocycles. The molecule has 2 N–H and O–H groups in total. The van der Waals surface area contributed by atoms with Crippen molar-refractivity contribution in [3.63, 3.8) is 0 Å². The number of H-pyrrole nitrogens is 2. The number of nitrogens with one attached hydrogen (secondary N) is 2. The van der Waals surface area contributed by atoms with Crippen molar-refractivity contribution in [2.45, 2.75) is 0 Å². The molecule has 0 fully saturated rings. The van der Waals surface area contributed by atoms with Gasteiger partial charge in [0.25, 0.3) is 0 Å². The number of hydrogen-bond acceptors (Lipinski definition) is 2. The molecule has 0 aliphatic heterocycles. The highest BCUT2D eigenvalue weighted by Gasteiger charge is 2.11. The summed E-state index contributed by atoms with van der Waals surface area (Å²) in [7, 11) is 0. The number of hydrogen-bond donors (Lipinski definition) is 2. The van der Waals surface area contributed by atoms with Crippen molar-refractivity contribution >= 4 is 44.4 Å². The zero-order valence-electron chi connectivity index (χ0n) is 10.7. The van der Waals surface area contributed by atoms with Gasteiger partial charge in [-0.15, -0.1) is 0 Å². The fourth-order valence-corrected chi connectivity index (χ4v) is 2.78. The molecule has 0 amide bonds. The van der Waals surface area contributed by atoms with E-state index in [4.69, 9.17) is 11.6 Å². The van der Waals surface area contributed by atoms with E-state index in [1.165, 1.54) is 0 Å². The molecule has 2 heterocycles. The summed E-state index contributed by atoms with van der Waals surface area (Å²) in [6.45, 7) is 0. The molecule has 0 radical (unpaired) electrons. The molecule has 4 nitrogen and oxygen atoms in total. The van der Waals surface area contributed by atoms with Gasteiger partial charge in [-0.25, -0.2) is 0 Å². The van der Waals surface area contributed by atoms with Crippen LogP contribution < -0.4 is 10.9 Å². The van der Waals surface area contributed by atoms with Crippen LogP contribution in [0.5, 0.6) is 0 Å². The highest BCUT2D eigenvalue weighted by atomic mass is 35.5. The Morgan fingerprint density at radius 2 is 1.38 bits per heavy atom. The molecule has 0 spiro atoms. The van der Waals surface area contributed by atoms with Crippen LogP contribution in [0.25, 0.3) is 32.8 Å². The molecule has 4 rings (SSSR count). The fourth-order valence-electron chi connectivity index (χ4n) is 2.61. The molecule has 0 aliphatic rings. The van der Waals surface area contributed by atoms with E-state index in [9.17, 15) is 9.59 Å². The van der Waals surface area contributed by atoms with Crippen molar-refractivity contribution in [3.05, 3.63) is 67.9 Å². The maximum absolute atomic E-state index is 12.6. The Morgan fingerprint density at radius 1 is 0.762 bits per heavy atom. The summed E-state index contributed by atoms with van der Waals surface area (Å²) in [4.78, 5) is 31.2. The molecular weight excluding hydrogens is 288 g/mol. The maximum atomic E-state index is 12.6. The van der Waals surface area contributed by atoms with Gasteiger partial charge >= 0.3 is 0 Å². The van der Waals surface area contributed by atoms with E-state index in [0.29, 0.717) is 26.8 Å². The van der Waals surface area contributed by atoms with Gasteiger partial charge in [-0.2, -0.15) is 0 Å². The number of para-hydroxylation sites is 1. The number of aromatic amines is 2. The van der Waals surface area contributed by atoms with E-state index in [1.807, 2.05) is 6.07 Å². The first-order chi connectivity index (χ1) is 10.1. The lowest BCUT2D eigenvalue weighted by molar-refractivity contribution is 1.39. The highest BCUT2D eigenvalue weighted by molar-refractivity contribution is 6.31. The molecule has 0 unspecified atom stereocenters. The Kier molecular flexibility index (Phi) is 2.43. The van der Waals surface area contributed by atoms with Crippen LogP contribution in [0.4, 0.5) is 0 Å². The predicted molar refractivity (Wildman–Crippen MR) is 85.2 cm³/mol. The van der Waals surface area contributed by atoms with Gasteiger partial charge in [0.15, 0.2) is 0 Å². The second-order valence-corrected chi connectivity index (χ2v) is 5.33. The highest BCUT2D eigenvalue weighted by Crippen LogP contribution is 2.18. The molecule has 21 heavy (non-hydrogen) atoms. The van der Waals surface area contributed by atoms with Crippen molar-refractivity contribution in [2.24, 2.45) is 0 Å². The molecule has 5 heteroatoms. The number of halogens is 1. The molecule has 0 bridgehead atoms. The topological polar surface area (TPSA) is 65.7 Å². The van der Waals surface area contributed by atoms with Crippen molar-refractivity contribution in [2.75, 3.05) is 0 Å². The lowest BCUT2D eigenvalue weighted by atomic mass is 10.1. The summed E-state index contributed by atoms with van der Waals surface area (Å²) in [6, 6.07) is 12.1. The summed E-state index contributed by atoms with van der Waals surface area (Å²) in [5, 5.41) is 1.55. The average Bonchev–Trinajstić information content (AvgIpc) is 2.49. The van der Waals surface area contributed by atoms with Gasteiger partial charge in [-0.05, 0) is 30.3 Å². The molecule has 2 aromatic carbocycles. The molecular formula is C16H9ClN2O2. The fraction of sp³-hybridized carbons (Fsp3) is 0. The van der Waals surface area contributed by atoms with Gasteiger partial charge in [0.1, 0.15) is 11.0 Å². The second kappa shape index (κ2) is 4.20. The van der Waals surface area contributed by atoms with Crippen LogP contribution in [0.3, 0.4) is 0 Å². The lowest BCUT2D eigenvalue weighted by Gasteiger charge is -2.05. The van der Waals surface area contributed by atoms with E-state index >= 15 is 0 Å². The van der Waals surface area contributed by atoms with E-state index in [-0.39, 0.29) is 21.9 Å². The van der Waals surface area contributed by atoms with Crippen LogP contribution in [-0.2, 0) is 0 Å². The zero-order chi connectivity index (χ0) is 14.6. The van der Waals surface area contributed by atoms with Crippen molar-refractivity contribution in [3.8, 4) is 0 Å². The Balaban J connectivity index is 2.34. The third-order valence-corrected chi connectivity index (χ3v) is 3.86. The largest absolute Gasteiger partial charge is 0.350 e. The third-order valence-electron chi connectivity index (χ3n) is 3.62.